The second-order valence-electron chi connectivity index (χ2n) is 13.5. The molecule has 0 bridgehead atoms. The number of hydrogen-bond donors (Lipinski definition) is 0. The Morgan fingerprint density at radius 2 is 1.00 bits per heavy atom. The third kappa shape index (κ3) is 4.73. The molecule has 9 heteroatoms. The topological polar surface area (TPSA) is 60.4 Å². The minimum atomic E-state index is -6.06. The van der Waals surface area contributed by atoms with Gasteiger partial charge in [-0.1, -0.05) is 113 Å². The van der Waals surface area contributed by atoms with Crippen LogP contribution < -0.4 is 20.1 Å². The second-order valence-corrected chi connectivity index (χ2v) is 17.8. The van der Waals surface area contributed by atoms with Crippen molar-refractivity contribution in [3.8, 4) is 28.0 Å². The van der Waals surface area contributed by atoms with Crippen molar-refractivity contribution in [1.82, 2.24) is 0 Å². The van der Waals surface area contributed by atoms with E-state index < -0.39 is 33.9 Å². The summed E-state index contributed by atoms with van der Waals surface area (Å²) in [4.78, 5) is 0. The summed E-state index contributed by atoms with van der Waals surface area (Å²) >= 11 is 0. The number of hydrogen-bond acceptors (Lipinski definition) is 4. The standard InChI is InChI=1S/C42H32F3O4PS/c1-25-19-26(2)22-29(21-25)50(46,30-23-27(3)20-28(4)24-30)38-18-10-14-34-32-12-6-8-16-36(32)41(40(34)38)35-15-7-5-11-31(35)33-13-9-17-37(39(33)41)49-51(47,48)42(43,44)45/h5-24H,1-4H3/t41-/m1/s1. The van der Waals surface area contributed by atoms with Crippen LogP contribution in [0.3, 0.4) is 0 Å². The van der Waals surface area contributed by atoms with E-state index in [4.69, 9.17) is 4.18 Å². The molecule has 0 amide bonds. The maximum absolute atomic E-state index is 16.7. The van der Waals surface area contributed by atoms with Crippen LogP contribution in [0.25, 0.3) is 22.3 Å². The summed E-state index contributed by atoms with van der Waals surface area (Å²) in [5.41, 5.74) is 1.84. The summed E-state index contributed by atoms with van der Waals surface area (Å²) in [6.07, 6.45) is 0. The first kappa shape index (κ1) is 33.2. The Bertz CT molecular complexity index is 2500. The van der Waals surface area contributed by atoms with Gasteiger partial charge in [0.25, 0.3) is 0 Å². The van der Waals surface area contributed by atoms with Crippen LogP contribution >= 0.6 is 7.14 Å². The van der Waals surface area contributed by atoms with E-state index in [0.29, 0.717) is 32.6 Å². The van der Waals surface area contributed by atoms with E-state index in [0.717, 1.165) is 44.5 Å². The lowest BCUT2D eigenvalue weighted by Crippen LogP contribution is -2.36. The Balaban J connectivity index is 1.57. The molecule has 256 valence electrons. The number of alkyl halides is 3. The van der Waals surface area contributed by atoms with Gasteiger partial charge >= 0.3 is 15.6 Å². The average Bonchev–Trinajstić information content (AvgIpc) is 3.54. The van der Waals surface area contributed by atoms with Gasteiger partial charge in [-0.2, -0.15) is 21.6 Å². The van der Waals surface area contributed by atoms with E-state index in [2.05, 4.69) is 0 Å². The predicted molar refractivity (Wildman–Crippen MR) is 197 cm³/mol. The van der Waals surface area contributed by atoms with Crippen molar-refractivity contribution >= 4 is 33.2 Å². The molecule has 2 aliphatic carbocycles. The first-order chi connectivity index (χ1) is 24.2. The molecule has 4 nitrogen and oxygen atoms in total. The van der Waals surface area contributed by atoms with Crippen LogP contribution in [0.15, 0.2) is 121 Å². The molecule has 0 fully saturated rings. The smallest absolute Gasteiger partial charge is 0.376 e. The van der Waals surface area contributed by atoms with Gasteiger partial charge in [-0.05, 0) is 97.0 Å². The van der Waals surface area contributed by atoms with Gasteiger partial charge in [0.2, 0.25) is 0 Å². The highest BCUT2D eigenvalue weighted by Gasteiger charge is 2.57. The number of halogens is 3. The SMILES string of the molecule is Cc1cc(C)cc(P(=O)(c2cc(C)cc(C)c2)c2cccc3c2[C@]2(c4ccccc4-c4cccc(OS(=O)(=O)C(F)(F)F)c42)c2ccccc2-3)c1. The molecule has 0 radical (unpaired) electrons. The van der Waals surface area contributed by atoms with E-state index >= 15 is 4.57 Å². The zero-order valence-corrected chi connectivity index (χ0v) is 29.9. The van der Waals surface area contributed by atoms with Crippen molar-refractivity contribution in [1.29, 1.82) is 0 Å². The lowest BCUT2D eigenvalue weighted by molar-refractivity contribution is -0.0500. The molecule has 2 aliphatic rings. The predicted octanol–water partition coefficient (Wildman–Crippen LogP) is 9.13. The molecule has 51 heavy (non-hydrogen) atoms. The van der Waals surface area contributed by atoms with Crippen LogP contribution in [0.2, 0.25) is 0 Å². The van der Waals surface area contributed by atoms with E-state index in [-0.39, 0.29) is 5.56 Å². The Kier molecular flexibility index (Phi) is 7.36. The Labute approximate surface area is 295 Å². The van der Waals surface area contributed by atoms with Crippen LogP contribution in [-0.2, 0) is 20.1 Å². The third-order valence-corrected chi connectivity index (χ3v) is 14.0. The lowest BCUT2D eigenvalue weighted by atomic mass is 9.70. The summed E-state index contributed by atoms with van der Waals surface area (Å²) in [6.45, 7) is 7.85. The van der Waals surface area contributed by atoms with E-state index in [9.17, 15) is 21.6 Å². The Morgan fingerprint density at radius 3 is 1.49 bits per heavy atom. The fraction of sp³-hybridized carbons (Fsp3) is 0.143. The van der Waals surface area contributed by atoms with Crippen molar-refractivity contribution in [2.24, 2.45) is 0 Å². The normalized spacial score (nSPS) is 16.1. The molecule has 0 unspecified atom stereocenters. The zero-order valence-electron chi connectivity index (χ0n) is 28.2. The van der Waals surface area contributed by atoms with Crippen LogP contribution in [0.5, 0.6) is 5.75 Å². The zero-order chi connectivity index (χ0) is 36.1. The van der Waals surface area contributed by atoms with Gasteiger partial charge in [-0.15, -0.1) is 0 Å². The molecule has 8 rings (SSSR count). The summed E-state index contributed by atoms with van der Waals surface area (Å²) in [5.74, 6) is -0.439. The van der Waals surface area contributed by atoms with Gasteiger partial charge in [-0.3, -0.25) is 0 Å². The van der Waals surface area contributed by atoms with Gasteiger partial charge < -0.3 is 8.75 Å². The first-order valence-electron chi connectivity index (χ1n) is 16.4. The number of benzene rings is 6. The minimum Gasteiger partial charge on any atom is -0.376 e. The molecule has 0 aliphatic heterocycles. The molecule has 1 spiro atoms. The highest BCUT2D eigenvalue weighted by atomic mass is 32.2. The highest BCUT2D eigenvalue weighted by molar-refractivity contribution is 7.88. The molecule has 0 saturated carbocycles. The van der Waals surface area contributed by atoms with Crippen molar-refractivity contribution < 1.29 is 30.3 Å². The van der Waals surface area contributed by atoms with Gasteiger partial charge in [0.05, 0.1) is 5.41 Å². The van der Waals surface area contributed by atoms with Crippen LogP contribution in [0.1, 0.15) is 44.5 Å². The largest absolute Gasteiger partial charge is 0.534 e. The number of fused-ring (bicyclic) bond motifs is 10. The van der Waals surface area contributed by atoms with Crippen LogP contribution in [-0.4, -0.2) is 13.9 Å². The van der Waals surface area contributed by atoms with E-state index in [1.165, 1.54) is 12.1 Å². The highest BCUT2D eigenvalue weighted by Crippen LogP contribution is 2.66. The fourth-order valence-electron chi connectivity index (χ4n) is 8.39. The number of aryl methyl sites for hydroxylation is 4. The Hall–Kier alpha value is -4.91. The van der Waals surface area contributed by atoms with Gasteiger partial charge in [0.1, 0.15) is 5.75 Å². The third-order valence-electron chi connectivity index (χ3n) is 10.0. The maximum Gasteiger partial charge on any atom is 0.534 e. The van der Waals surface area contributed by atoms with E-state index in [1.54, 1.807) is 6.07 Å². The van der Waals surface area contributed by atoms with Crippen molar-refractivity contribution in [3.63, 3.8) is 0 Å². The summed E-state index contributed by atoms with van der Waals surface area (Å²) < 4.78 is 89.1. The van der Waals surface area contributed by atoms with Gasteiger partial charge in [0, 0.05) is 21.5 Å². The van der Waals surface area contributed by atoms with Crippen molar-refractivity contribution in [2.45, 2.75) is 38.6 Å². The molecule has 0 N–H and O–H groups in total. The molecule has 0 saturated heterocycles. The lowest BCUT2D eigenvalue weighted by Gasteiger charge is -2.35. The van der Waals surface area contributed by atoms with Crippen LogP contribution in [0, 0.1) is 27.7 Å². The average molecular weight is 721 g/mol. The quantitative estimate of drug-likeness (QED) is 0.101. The second kappa shape index (κ2) is 11.3. The molecule has 0 aromatic heterocycles. The van der Waals surface area contributed by atoms with Crippen molar-refractivity contribution in [2.75, 3.05) is 0 Å². The first-order valence-corrected chi connectivity index (χ1v) is 19.6. The molecule has 6 aromatic carbocycles. The fourth-order valence-corrected chi connectivity index (χ4v) is 12.2. The van der Waals surface area contributed by atoms with Crippen molar-refractivity contribution in [3.05, 3.63) is 166 Å². The summed E-state index contributed by atoms with van der Waals surface area (Å²) in [7, 11) is -9.84. The number of rotatable bonds is 5. The summed E-state index contributed by atoms with van der Waals surface area (Å²) in [5, 5.41) is 1.77. The molecule has 6 aromatic rings. The Morgan fingerprint density at radius 1 is 0.569 bits per heavy atom. The molecular formula is C42H32F3O4PS. The maximum atomic E-state index is 16.7. The van der Waals surface area contributed by atoms with Crippen LogP contribution in [0.4, 0.5) is 13.2 Å². The monoisotopic (exact) mass is 720 g/mol. The molecule has 0 heterocycles. The van der Waals surface area contributed by atoms with Gasteiger partial charge in [0.15, 0.2) is 7.14 Å². The van der Waals surface area contributed by atoms with Gasteiger partial charge in [-0.25, -0.2) is 0 Å². The molecular weight excluding hydrogens is 688 g/mol. The minimum absolute atomic E-state index is 0.255. The van der Waals surface area contributed by atoms with E-state index in [1.807, 2.05) is 131 Å². The summed E-state index contributed by atoms with van der Waals surface area (Å²) in [6, 6.07) is 37.1. The molecule has 1 atom stereocenters.